The van der Waals surface area contributed by atoms with Crippen LogP contribution in [0.1, 0.15) is 49.4 Å². The molecule has 2 aromatic carbocycles. The molecule has 2 atom stereocenters. The number of fused-ring (bicyclic) bond motifs is 1. The maximum atomic E-state index is 12.0. The molecule has 0 spiro atoms. The third-order valence-corrected chi connectivity index (χ3v) is 6.25. The molecule has 7 N–H and O–H groups in total. The molecule has 2 aromatic rings. The Kier molecular flexibility index (Phi) is 12.2. The second-order valence-electron chi connectivity index (χ2n) is 10.3. The molecular weight excluding hydrogens is 526 g/mol. The molecule has 11 heteroatoms. The van der Waals surface area contributed by atoms with Crippen LogP contribution in [0.3, 0.4) is 0 Å². The van der Waals surface area contributed by atoms with Crippen molar-refractivity contribution in [3.63, 3.8) is 0 Å². The summed E-state index contributed by atoms with van der Waals surface area (Å²) >= 11 is 6.50. The number of benzene rings is 2. The van der Waals surface area contributed by atoms with Crippen LogP contribution < -0.4 is 16.0 Å². The summed E-state index contributed by atoms with van der Waals surface area (Å²) in [5.41, 5.74) is 5.98. The molecule has 1 aliphatic rings. The van der Waals surface area contributed by atoms with Gasteiger partial charge in [-0.2, -0.15) is 0 Å². The van der Waals surface area contributed by atoms with E-state index in [9.17, 15) is 14.4 Å². The van der Waals surface area contributed by atoms with Crippen molar-refractivity contribution in [3.05, 3.63) is 63.7 Å². The summed E-state index contributed by atoms with van der Waals surface area (Å²) in [6.45, 7) is 8.74. The normalized spacial score (nSPS) is 14.5. The van der Waals surface area contributed by atoms with E-state index in [2.05, 4.69) is 46.3 Å². The maximum Gasteiger partial charge on any atom is 0.335 e. The van der Waals surface area contributed by atoms with Gasteiger partial charge in [-0.25, -0.2) is 9.59 Å². The number of carbonyl (C=O) groups excluding carboxylic acids is 1. The van der Waals surface area contributed by atoms with Gasteiger partial charge in [0, 0.05) is 18.5 Å². The predicted molar refractivity (Wildman–Crippen MR) is 149 cm³/mol. The molecule has 0 saturated heterocycles. The van der Waals surface area contributed by atoms with Crippen molar-refractivity contribution in [2.24, 2.45) is 0 Å². The highest BCUT2D eigenvalue weighted by Crippen LogP contribution is 2.31. The zero-order valence-electron chi connectivity index (χ0n) is 22.5. The summed E-state index contributed by atoms with van der Waals surface area (Å²) in [6, 6.07) is 12.6. The van der Waals surface area contributed by atoms with Crippen molar-refractivity contribution in [3.8, 4) is 0 Å². The van der Waals surface area contributed by atoms with Gasteiger partial charge in [-0.3, -0.25) is 4.79 Å². The van der Waals surface area contributed by atoms with E-state index >= 15 is 0 Å². The van der Waals surface area contributed by atoms with E-state index in [0.29, 0.717) is 6.42 Å². The van der Waals surface area contributed by atoms with Gasteiger partial charge in [0.15, 0.2) is 12.2 Å². The van der Waals surface area contributed by atoms with Crippen LogP contribution in [0, 0.1) is 0 Å². The van der Waals surface area contributed by atoms with Gasteiger partial charge < -0.3 is 36.4 Å². The first-order valence-electron chi connectivity index (χ1n) is 12.7. The van der Waals surface area contributed by atoms with Gasteiger partial charge in [-0.1, -0.05) is 41.9 Å². The number of amides is 1. The summed E-state index contributed by atoms with van der Waals surface area (Å²) in [4.78, 5) is 31.5. The Morgan fingerprint density at radius 2 is 1.49 bits per heavy atom. The Balaban J connectivity index is 0.000000455. The van der Waals surface area contributed by atoms with E-state index in [0.717, 1.165) is 49.6 Å². The lowest BCUT2D eigenvalue weighted by atomic mass is 10.0. The number of carboxylic acids is 2. The molecule has 0 aliphatic carbocycles. The quantitative estimate of drug-likeness (QED) is 0.242. The molecule has 1 amide bonds. The summed E-state index contributed by atoms with van der Waals surface area (Å²) in [6.07, 6.45) is -1.24. The van der Waals surface area contributed by atoms with Gasteiger partial charge in [0.2, 0.25) is 5.91 Å². The van der Waals surface area contributed by atoms with E-state index in [-0.39, 0.29) is 11.4 Å². The summed E-state index contributed by atoms with van der Waals surface area (Å²) in [5.74, 6) is -3.44. The van der Waals surface area contributed by atoms with Crippen LogP contribution in [0.5, 0.6) is 0 Å². The van der Waals surface area contributed by atoms with Crippen molar-refractivity contribution < 1.29 is 34.8 Å². The molecule has 214 valence electrons. The van der Waals surface area contributed by atoms with E-state index < -0.39 is 24.1 Å². The molecule has 2 unspecified atom stereocenters. The Labute approximate surface area is 233 Å². The highest BCUT2D eigenvalue weighted by Gasteiger charge is 2.29. The summed E-state index contributed by atoms with van der Waals surface area (Å²) in [5, 5.41) is 43.3. The first-order valence-corrected chi connectivity index (χ1v) is 13.1. The third-order valence-electron chi connectivity index (χ3n) is 5.93. The fraction of sp³-hybridized carbons (Fsp3) is 0.464. The fourth-order valence-corrected chi connectivity index (χ4v) is 4.20. The number of hydrogen-bond acceptors (Lipinski definition) is 7. The Morgan fingerprint density at radius 1 is 0.923 bits per heavy atom. The predicted octanol–water partition coefficient (Wildman–Crippen LogP) is 2.36. The molecule has 0 bridgehead atoms. The number of aliphatic carboxylic acids is 2. The molecule has 10 nitrogen and oxygen atoms in total. The van der Waals surface area contributed by atoms with E-state index in [1.54, 1.807) is 0 Å². The molecule has 39 heavy (non-hydrogen) atoms. The van der Waals surface area contributed by atoms with E-state index in [4.69, 9.17) is 32.0 Å². The zero-order valence-corrected chi connectivity index (χ0v) is 23.2. The standard InChI is InChI=1S/C24H32ClN3O.C4H6O6/c1-24(2,3)28-22(29)11-8-17-4-6-18(7-5-17)16-27-23-20-13-15-26-14-12-19(20)9-10-21(23)25;5-1(3(7)8)2(6)4(9)10/h4-7,9-10,26-27H,8,11-16H2,1-3H3,(H,28,29);1-2,5-6H,(H,7,8)(H,9,10). The minimum Gasteiger partial charge on any atom is -0.479 e. The van der Waals surface area contributed by atoms with Crippen molar-refractivity contribution in [2.45, 2.75) is 70.7 Å². The highest BCUT2D eigenvalue weighted by molar-refractivity contribution is 6.33. The van der Waals surface area contributed by atoms with Crippen LogP contribution in [-0.4, -0.2) is 69.1 Å². The summed E-state index contributed by atoms with van der Waals surface area (Å²) < 4.78 is 0. The lowest BCUT2D eigenvalue weighted by Crippen LogP contribution is -2.40. The van der Waals surface area contributed by atoms with Crippen molar-refractivity contribution in [2.75, 3.05) is 18.4 Å². The topological polar surface area (TPSA) is 168 Å². The van der Waals surface area contributed by atoms with Crippen LogP contribution in [-0.2, 0) is 40.2 Å². The highest BCUT2D eigenvalue weighted by atomic mass is 35.5. The molecule has 0 saturated carbocycles. The molecule has 3 rings (SSSR count). The van der Waals surface area contributed by atoms with Gasteiger partial charge >= 0.3 is 11.9 Å². The van der Waals surface area contributed by atoms with Gasteiger partial charge in [-0.15, -0.1) is 0 Å². The lowest BCUT2D eigenvalue weighted by Gasteiger charge is -2.20. The monoisotopic (exact) mass is 563 g/mol. The number of nitrogens with one attached hydrogen (secondary N) is 3. The average molecular weight is 564 g/mol. The van der Waals surface area contributed by atoms with Gasteiger partial charge in [0.25, 0.3) is 0 Å². The fourth-order valence-electron chi connectivity index (χ4n) is 3.96. The minimum atomic E-state index is -2.27. The number of anilines is 1. The lowest BCUT2D eigenvalue weighted by molar-refractivity contribution is -0.165. The number of hydrogen-bond donors (Lipinski definition) is 7. The molecule has 0 aromatic heterocycles. The van der Waals surface area contributed by atoms with Crippen molar-refractivity contribution in [1.82, 2.24) is 10.6 Å². The molecule has 1 heterocycles. The third kappa shape index (κ3) is 10.8. The number of carboxylic acid groups (broad SMARTS) is 2. The molecular formula is C28H38ClN3O7. The number of rotatable bonds is 9. The van der Waals surface area contributed by atoms with Crippen LogP contribution in [0.2, 0.25) is 5.02 Å². The van der Waals surface area contributed by atoms with E-state index in [1.807, 2.05) is 26.8 Å². The smallest absolute Gasteiger partial charge is 0.335 e. The first kappa shape index (κ1) is 32.0. The number of aryl methyl sites for hydroxylation is 1. The van der Waals surface area contributed by atoms with Crippen molar-refractivity contribution in [1.29, 1.82) is 0 Å². The van der Waals surface area contributed by atoms with E-state index in [1.165, 1.54) is 22.3 Å². The zero-order chi connectivity index (χ0) is 29.2. The first-order chi connectivity index (χ1) is 18.3. The van der Waals surface area contributed by atoms with Gasteiger partial charge in [0.1, 0.15) is 0 Å². The Bertz CT molecular complexity index is 1120. The number of carbonyl (C=O) groups is 3. The molecule has 1 aliphatic heterocycles. The van der Waals surface area contributed by atoms with Crippen LogP contribution >= 0.6 is 11.6 Å². The Morgan fingerprint density at radius 3 is 2.05 bits per heavy atom. The molecule has 0 fully saturated rings. The van der Waals surface area contributed by atoms with Crippen LogP contribution in [0.25, 0.3) is 0 Å². The number of aliphatic hydroxyl groups is 2. The number of halogens is 1. The Hall–Kier alpha value is -3.18. The van der Waals surface area contributed by atoms with Gasteiger partial charge in [-0.05, 0) is 81.4 Å². The summed E-state index contributed by atoms with van der Waals surface area (Å²) in [7, 11) is 0. The average Bonchev–Trinajstić information content (AvgIpc) is 3.11. The maximum absolute atomic E-state index is 12.0. The molecule has 0 radical (unpaired) electrons. The largest absolute Gasteiger partial charge is 0.479 e. The van der Waals surface area contributed by atoms with Crippen LogP contribution in [0.15, 0.2) is 36.4 Å². The second kappa shape index (κ2) is 14.8. The van der Waals surface area contributed by atoms with Gasteiger partial charge in [0.05, 0.1) is 10.7 Å². The second-order valence-corrected chi connectivity index (χ2v) is 10.8. The SMILES string of the molecule is CC(C)(C)NC(=O)CCc1ccc(CNc2c(Cl)ccc3c2CCNCC3)cc1.O=C(O)C(O)C(O)C(=O)O. The van der Waals surface area contributed by atoms with Crippen molar-refractivity contribution >= 4 is 35.1 Å². The number of aliphatic hydroxyl groups excluding tert-OH is 2. The van der Waals surface area contributed by atoms with Crippen LogP contribution in [0.4, 0.5) is 5.69 Å². The minimum absolute atomic E-state index is 0.0946.